The van der Waals surface area contributed by atoms with E-state index in [0.29, 0.717) is 32.0 Å². The summed E-state index contributed by atoms with van der Waals surface area (Å²) in [6, 6.07) is 0. The number of carbonyl (C=O) groups is 2. The molecular formula is C14H24N2O4S. The van der Waals surface area contributed by atoms with Gasteiger partial charge in [-0.15, -0.1) is 0 Å². The number of nitrogens with one attached hydrogen (secondary N) is 1. The predicted octanol–water partition coefficient (Wildman–Crippen LogP) is 0.0418. The Morgan fingerprint density at radius 1 is 1.43 bits per heavy atom. The van der Waals surface area contributed by atoms with Crippen LogP contribution in [0, 0.1) is 17.8 Å². The fourth-order valence-electron chi connectivity index (χ4n) is 2.99. The molecule has 0 bridgehead atoms. The molecule has 0 unspecified atom stereocenters. The molecule has 2 saturated heterocycles. The normalized spacial score (nSPS) is 28.3. The van der Waals surface area contributed by atoms with Crippen LogP contribution < -0.4 is 5.32 Å². The van der Waals surface area contributed by atoms with Crippen molar-refractivity contribution in [3.05, 3.63) is 0 Å². The molecule has 2 fully saturated rings. The van der Waals surface area contributed by atoms with Gasteiger partial charge >= 0.3 is 0 Å². The lowest BCUT2D eigenvalue weighted by Gasteiger charge is -2.19. The molecule has 0 aromatic rings. The lowest BCUT2D eigenvalue weighted by atomic mass is 10.1. The zero-order valence-corrected chi connectivity index (χ0v) is 13.5. The van der Waals surface area contributed by atoms with Crippen LogP contribution in [-0.4, -0.2) is 56.3 Å². The van der Waals surface area contributed by atoms with Crippen LogP contribution in [0.1, 0.15) is 26.7 Å². The zero-order valence-electron chi connectivity index (χ0n) is 12.7. The van der Waals surface area contributed by atoms with E-state index in [1.165, 1.54) is 0 Å². The largest absolute Gasteiger partial charge is 0.355 e. The van der Waals surface area contributed by atoms with Crippen molar-refractivity contribution in [2.75, 3.05) is 31.1 Å². The van der Waals surface area contributed by atoms with Gasteiger partial charge in [-0.25, -0.2) is 8.42 Å². The van der Waals surface area contributed by atoms with Crippen molar-refractivity contribution in [1.82, 2.24) is 10.2 Å². The van der Waals surface area contributed by atoms with E-state index < -0.39 is 9.84 Å². The Morgan fingerprint density at radius 2 is 2.14 bits per heavy atom. The van der Waals surface area contributed by atoms with Gasteiger partial charge in [0.25, 0.3) is 0 Å². The summed E-state index contributed by atoms with van der Waals surface area (Å²) in [7, 11) is -2.91. The maximum Gasteiger partial charge on any atom is 0.225 e. The SMILES string of the molecule is CC(C)CN1C[C@H](C(=O)NC[C@@H]2CCS(=O)(=O)C2)CC1=O. The Bertz CT molecular complexity index is 515. The number of rotatable bonds is 5. The highest BCUT2D eigenvalue weighted by molar-refractivity contribution is 7.91. The molecule has 0 radical (unpaired) electrons. The van der Waals surface area contributed by atoms with E-state index in [-0.39, 0.29) is 41.6 Å². The first-order valence-electron chi connectivity index (χ1n) is 7.52. The summed E-state index contributed by atoms with van der Waals surface area (Å²) in [5.41, 5.74) is 0. The lowest BCUT2D eigenvalue weighted by molar-refractivity contribution is -0.129. The van der Waals surface area contributed by atoms with E-state index >= 15 is 0 Å². The highest BCUT2D eigenvalue weighted by Gasteiger charge is 2.35. The molecule has 21 heavy (non-hydrogen) atoms. The molecule has 2 rings (SSSR count). The van der Waals surface area contributed by atoms with Gasteiger partial charge in [-0.05, 0) is 18.3 Å². The molecule has 2 amide bonds. The Labute approximate surface area is 126 Å². The molecule has 2 aliphatic rings. The maximum absolute atomic E-state index is 12.1. The molecule has 1 N–H and O–H groups in total. The predicted molar refractivity (Wildman–Crippen MR) is 79.3 cm³/mol. The monoisotopic (exact) mass is 316 g/mol. The van der Waals surface area contributed by atoms with Gasteiger partial charge in [0.15, 0.2) is 9.84 Å². The second-order valence-corrected chi connectivity index (χ2v) is 8.84. The van der Waals surface area contributed by atoms with Crippen LogP contribution in [0.2, 0.25) is 0 Å². The summed E-state index contributed by atoms with van der Waals surface area (Å²) in [6.45, 7) is 5.64. The van der Waals surface area contributed by atoms with Gasteiger partial charge in [-0.1, -0.05) is 13.8 Å². The zero-order chi connectivity index (χ0) is 15.6. The average Bonchev–Trinajstić information content (AvgIpc) is 2.90. The number of likely N-dealkylation sites (tertiary alicyclic amines) is 1. The standard InChI is InChI=1S/C14H24N2O4S/c1-10(2)7-16-8-12(5-13(16)17)14(18)15-6-11-3-4-21(19,20)9-11/h10-12H,3-9H2,1-2H3,(H,15,18)/t11-,12+/m0/s1. The van der Waals surface area contributed by atoms with Gasteiger partial charge in [-0.2, -0.15) is 0 Å². The lowest BCUT2D eigenvalue weighted by Crippen LogP contribution is -2.36. The van der Waals surface area contributed by atoms with E-state index in [1.807, 2.05) is 13.8 Å². The van der Waals surface area contributed by atoms with Crippen molar-refractivity contribution in [2.24, 2.45) is 17.8 Å². The van der Waals surface area contributed by atoms with E-state index in [1.54, 1.807) is 4.90 Å². The van der Waals surface area contributed by atoms with Gasteiger partial charge < -0.3 is 10.2 Å². The van der Waals surface area contributed by atoms with Crippen LogP contribution >= 0.6 is 0 Å². The number of nitrogens with zero attached hydrogens (tertiary/aromatic N) is 1. The fraction of sp³-hybridized carbons (Fsp3) is 0.857. The van der Waals surface area contributed by atoms with Crippen LogP contribution in [-0.2, 0) is 19.4 Å². The molecule has 2 atom stereocenters. The minimum atomic E-state index is -2.91. The minimum absolute atomic E-state index is 0.0165. The topological polar surface area (TPSA) is 83.6 Å². The molecular weight excluding hydrogens is 292 g/mol. The minimum Gasteiger partial charge on any atom is -0.355 e. The van der Waals surface area contributed by atoms with Crippen molar-refractivity contribution in [1.29, 1.82) is 0 Å². The maximum atomic E-state index is 12.1. The number of sulfone groups is 1. The number of carbonyl (C=O) groups excluding carboxylic acids is 2. The molecule has 7 heteroatoms. The van der Waals surface area contributed by atoms with E-state index in [4.69, 9.17) is 0 Å². The van der Waals surface area contributed by atoms with Gasteiger partial charge in [0.1, 0.15) is 0 Å². The second-order valence-electron chi connectivity index (χ2n) is 6.61. The third kappa shape index (κ3) is 4.43. The van der Waals surface area contributed by atoms with Crippen LogP contribution in [0.25, 0.3) is 0 Å². The van der Waals surface area contributed by atoms with Crippen LogP contribution in [0.5, 0.6) is 0 Å². The third-order valence-corrected chi connectivity index (χ3v) is 5.90. The molecule has 0 aromatic carbocycles. The van der Waals surface area contributed by atoms with Crippen LogP contribution in [0.4, 0.5) is 0 Å². The molecule has 0 aliphatic carbocycles. The molecule has 0 spiro atoms. The highest BCUT2D eigenvalue weighted by atomic mass is 32.2. The molecule has 6 nitrogen and oxygen atoms in total. The summed E-state index contributed by atoms with van der Waals surface area (Å²) in [5, 5.41) is 2.82. The van der Waals surface area contributed by atoms with E-state index in [9.17, 15) is 18.0 Å². The van der Waals surface area contributed by atoms with Crippen molar-refractivity contribution < 1.29 is 18.0 Å². The smallest absolute Gasteiger partial charge is 0.225 e. The third-order valence-electron chi connectivity index (χ3n) is 4.06. The molecule has 2 aliphatic heterocycles. The first kappa shape index (κ1) is 16.3. The van der Waals surface area contributed by atoms with E-state index in [0.717, 1.165) is 0 Å². The molecule has 2 heterocycles. The molecule has 0 saturated carbocycles. The molecule has 0 aromatic heterocycles. The number of amides is 2. The summed E-state index contributed by atoms with van der Waals surface area (Å²) >= 11 is 0. The first-order chi connectivity index (χ1) is 9.77. The highest BCUT2D eigenvalue weighted by Crippen LogP contribution is 2.20. The molecule has 120 valence electrons. The van der Waals surface area contributed by atoms with Crippen molar-refractivity contribution in [3.63, 3.8) is 0 Å². The van der Waals surface area contributed by atoms with Crippen LogP contribution in [0.15, 0.2) is 0 Å². The summed E-state index contributed by atoms with van der Waals surface area (Å²) in [6.07, 6.45) is 0.882. The van der Waals surface area contributed by atoms with Gasteiger partial charge in [-0.3, -0.25) is 9.59 Å². The fourth-order valence-corrected chi connectivity index (χ4v) is 4.85. The summed E-state index contributed by atoms with van der Waals surface area (Å²) < 4.78 is 22.7. The summed E-state index contributed by atoms with van der Waals surface area (Å²) in [4.78, 5) is 25.7. The van der Waals surface area contributed by atoms with Gasteiger partial charge in [0.05, 0.1) is 17.4 Å². The second kappa shape index (κ2) is 6.34. The number of hydrogen-bond acceptors (Lipinski definition) is 4. The summed E-state index contributed by atoms with van der Waals surface area (Å²) in [5.74, 6) is 0.399. The van der Waals surface area contributed by atoms with Gasteiger partial charge in [0.2, 0.25) is 11.8 Å². The van der Waals surface area contributed by atoms with E-state index in [2.05, 4.69) is 5.32 Å². The Kier molecular flexibility index (Phi) is 4.91. The van der Waals surface area contributed by atoms with Gasteiger partial charge in [0, 0.05) is 26.1 Å². The van der Waals surface area contributed by atoms with Crippen LogP contribution in [0.3, 0.4) is 0 Å². The average molecular weight is 316 g/mol. The van der Waals surface area contributed by atoms with Crippen molar-refractivity contribution in [3.8, 4) is 0 Å². The van der Waals surface area contributed by atoms with Crippen molar-refractivity contribution in [2.45, 2.75) is 26.7 Å². The quantitative estimate of drug-likeness (QED) is 0.776. The van der Waals surface area contributed by atoms with Crippen molar-refractivity contribution >= 4 is 21.7 Å². The number of hydrogen-bond donors (Lipinski definition) is 1. The Balaban J connectivity index is 1.78. The Hall–Kier alpha value is -1.11. The Morgan fingerprint density at radius 3 is 2.71 bits per heavy atom. The first-order valence-corrected chi connectivity index (χ1v) is 9.35.